The highest BCUT2D eigenvalue weighted by atomic mass is 32.1. The summed E-state index contributed by atoms with van der Waals surface area (Å²) in [5.41, 5.74) is 0.986. The van der Waals surface area contributed by atoms with Gasteiger partial charge in [-0.25, -0.2) is 0 Å². The molecule has 1 unspecified atom stereocenters. The number of aliphatic hydroxyl groups is 1. The zero-order valence-corrected chi connectivity index (χ0v) is 12.1. The minimum absolute atomic E-state index is 0.487. The van der Waals surface area contributed by atoms with Crippen molar-refractivity contribution in [3.8, 4) is 0 Å². The molecule has 0 aliphatic heterocycles. The standard InChI is InChI=1S/C16H17NO2S/c1-16(18,13-6-7-20-10-13)11-17-9-14-8-12-4-2-3-5-15(12)19-14/h2-8,10,17-18H,9,11H2,1H3. The Morgan fingerprint density at radius 2 is 2.15 bits per heavy atom. The van der Waals surface area contributed by atoms with Gasteiger partial charge in [0.15, 0.2) is 0 Å². The summed E-state index contributed by atoms with van der Waals surface area (Å²) in [4.78, 5) is 0. The Kier molecular flexibility index (Phi) is 3.61. The third-order valence-electron chi connectivity index (χ3n) is 3.39. The molecule has 3 nitrogen and oxygen atoms in total. The van der Waals surface area contributed by atoms with E-state index in [2.05, 4.69) is 5.32 Å². The maximum atomic E-state index is 10.4. The lowest BCUT2D eigenvalue weighted by Gasteiger charge is -2.22. The Bertz CT molecular complexity index is 652. The number of thiophene rings is 1. The summed E-state index contributed by atoms with van der Waals surface area (Å²) >= 11 is 1.59. The lowest BCUT2D eigenvalue weighted by molar-refractivity contribution is 0.0567. The lowest BCUT2D eigenvalue weighted by Crippen LogP contribution is -2.34. The number of rotatable bonds is 5. The van der Waals surface area contributed by atoms with E-state index in [1.165, 1.54) is 0 Å². The van der Waals surface area contributed by atoms with Gasteiger partial charge in [-0.15, -0.1) is 0 Å². The van der Waals surface area contributed by atoms with Crippen molar-refractivity contribution >= 4 is 22.3 Å². The van der Waals surface area contributed by atoms with E-state index in [-0.39, 0.29) is 0 Å². The van der Waals surface area contributed by atoms with Gasteiger partial charge < -0.3 is 14.8 Å². The highest BCUT2D eigenvalue weighted by molar-refractivity contribution is 7.08. The largest absolute Gasteiger partial charge is 0.460 e. The van der Waals surface area contributed by atoms with Crippen molar-refractivity contribution in [3.05, 3.63) is 58.5 Å². The van der Waals surface area contributed by atoms with Gasteiger partial charge in [-0.1, -0.05) is 18.2 Å². The molecule has 0 bridgehead atoms. The molecule has 20 heavy (non-hydrogen) atoms. The number of fused-ring (bicyclic) bond motifs is 1. The van der Waals surface area contributed by atoms with Crippen LogP contribution in [0.1, 0.15) is 18.2 Å². The summed E-state index contributed by atoms with van der Waals surface area (Å²) in [6.07, 6.45) is 0. The summed E-state index contributed by atoms with van der Waals surface area (Å²) in [5, 5.41) is 18.7. The van der Waals surface area contributed by atoms with Crippen LogP contribution >= 0.6 is 11.3 Å². The van der Waals surface area contributed by atoms with Gasteiger partial charge in [0.2, 0.25) is 0 Å². The average Bonchev–Trinajstić information content (AvgIpc) is 3.07. The average molecular weight is 287 g/mol. The van der Waals surface area contributed by atoms with E-state index in [9.17, 15) is 5.11 Å². The lowest BCUT2D eigenvalue weighted by atomic mass is 9.99. The summed E-state index contributed by atoms with van der Waals surface area (Å²) in [7, 11) is 0. The number of benzene rings is 1. The molecule has 4 heteroatoms. The van der Waals surface area contributed by atoms with Crippen LogP contribution in [0, 0.1) is 0 Å². The second-order valence-electron chi connectivity index (χ2n) is 5.14. The van der Waals surface area contributed by atoms with Crippen molar-refractivity contribution in [2.24, 2.45) is 0 Å². The van der Waals surface area contributed by atoms with Gasteiger partial charge in [-0.05, 0) is 41.4 Å². The fraction of sp³-hybridized carbons (Fsp3) is 0.250. The summed E-state index contributed by atoms with van der Waals surface area (Å²) in [6, 6.07) is 11.9. The zero-order chi connectivity index (χ0) is 14.0. The smallest absolute Gasteiger partial charge is 0.134 e. The second-order valence-corrected chi connectivity index (χ2v) is 5.92. The van der Waals surface area contributed by atoms with Gasteiger partial charge in [0.05, 0.1) is 12.1 Å². The fourth-order valence-electron chi connectivity index (χ4n) is 2.23. The van der Waals surface area contributed by atoms with Gasteiger partial charge >= 0.3 is 0 Å². The predicted molar refractivity (Wildman–Crippen MR) is 81.8 cm³/mol. The minimum atomic E-state index is -0.855. The Morgan fingerprint density at radius 3 is 2.90 bits per heavy atom. The fourth-order valence-corrected chi connectivity index (χ4v) is 3.01. The van der Waals surface area contributed by atoms with Gasteiger partial charge in [0.25, 0.3) is 0 Å². The molecule has 0 aliphatic rings. The molecular weight excluding hydrogens is 270 g/mol. The molecule has 0 amide bonds. The van der Waals surface area contributed by atoms with Crippen LogP contribution in [0.25, 0.3) is 11.0 Å². The molecule has 0 fully saturated rings. The van der Waals surface area contributed by atoms with Crippen LogP contribution in [0.3, 0.4) is 0 Å². The maximum absolute atomic E-state index is 10.4. The molecule has 1 aromatic carbocycles. The highest BCUT2D eigenvalue weighted by Gasteiger charge is 2.22. The first-order valence-corrected chi connectivity index (χ1v) is 7.53. The molecule has 3 rings (SSSR count). The van der Waals surface area contributed by atoms with Crippen LogP contribution in [0.2, 0.25) is 0 Å². The molecule has 0 spiro atoms. The Labute approximate surface area is 121 Å². The second kappa shape index (κ2) is 5.40. The molecule has 2 heterocycles. The first kappa shape index (κ1) is 13.4. The number of furan rings is 1. The number of nitrogens with one attached hydrogen (secondary N) is 1. The third kappa shape index (κ3) is 2.77. The molecular formula is C16H17NO2S. The third-order valence-corrected chi connectivity index (χ3v) is 4.07. The SMILES string of the molecule is CC(O)(CNCc1cc2ccccc2o1)c1ccsc1. The van der Waals surface area contributed by atoms with E-state index < -0.39 is 5.60 Å². The van der Waals surface area contributed by atoms with E-state index >= 15 is 0 Å². The van der Waals surface area contributed by atoms with Crippen molar-refractivity contribution in [1.82, 2.24) is 5.32 Å². The van der Waals surface area contributed by atoms with Gasteiger partial charge in [0, 0.05) is 11.9 Å². The van der Waals surface area contributed by atoms with Gasteiger partial charge in [-0.2, -0.15) is 11.3 Å². The van der Waals surface area contributed by atoms with Crippen molar-refractivity contribution in [2.75, 3.05) is 6.54 Å². The van der Waals surface area contributed by atoms with Crippen molar-refractivity contribution in [2.45, 2.75) is 19.1 Å². The summed E-state index contributed by atoms with van der Waals surface area (Å²) in [5.74, 6) is 0.882. The van der Waals surface area contributed by atoms with E-state index in [1.807, 2.05) is 54.1 Å². The minimum Gasteiger partial charge on any atom is -0.460 e. The van der Waals surface area contributed by atoms with Gasteiger partial charge in [0.1, 0.15) is 11.3 Å². The number of para-hydroxylation sites is 1. The van der Waals surface area contributed by atoms with Crippen molar-refractivity contribution in [3.63, 3.8) is 0 Å². The van der Waals surface area contributed by atoms with Crippen LogP contribution in [0.5, 0.6) is 0 Å². The van der Waals surface area contributed by atoms with E-state index in [0.717, 1.165) is 22.3 Å². The molecule has 0 radical (unpaired) electrons. The normalized spacial score (nSPS) is 14.5. The van der Waals surface area contributed by atoms with Crippen LogP contribution in [0.15, 0.2) is 51.6 Å². The zero-order valence-electron chi connectivity index (χ0n) is 11.3. The molecule has 104 valence electrons. The van der Waals surface area contributed by atoms with Crippen molar-refractivity contribution in [1.29, 1.82) is 0 Å². The Hall–Kier alpha value is -1.62. The highest BCUT2D eigenvalue weighted by Crippen LogP contribution is 2.23. The molecule has 3 aromatic rings. The van der Waals surface area contributed by atoms with Crippen LogP contribution < -0.4 is 5.32 Å². The Morgan fingerprint density at radius 1 is 1.30 bits per heavy atom. The van der Waals surface area contributed by atoms with Crippen molar-refractivity contribution < 1.29 is 9.52 Å². The van der Waals surface area contributed by atoms with Gasteiger partial charge in [-0.3, -0.25) is 0 Å². The quantitative estimate of drug-likeness (QED) is 0.755. The van der Waals surface area contributed by atoms with Crippen LogP contribution in [0.4, 0.5) is 0 Å². The molecule has 0 saturated heterocycles. The topological polar surface area (TPSA) is 45.4 Å². The molecule has 2 aromatic heterocycles. The van der Waals surface area contributed by atoms with Crippen LogP contribution in [-0.2, 0) is 12.1 Å². The molecule has 1 atom stereocenters. The number of hydrogen-bond donors (Lipinski definition) is 2. The molecule has 0 saturated carbocycles. The maximum Gasteiger partial charge on any atom is 0.134 e. The molecule has 0 aliphatic carbocycles. The summed E-state index contributed by atoms with van der Waals surface area (Å²) < 4.78 is 5.73. The van der Waals surface area contributed by atoms with E-state index in [1.54, 1.807) is 11.3 Å². The van der Waals surface area contributed by atoms with E-state index in [4.69, 9.17) is 4.42 Å². The Balaban J connectivity index is 1.62. The number of hydrogen-bond acceptors (Lipinski definition) is 4. The van der Waals surface area contributed by atoms with E-state index in [0.29, 0.717) is 13.1 Å². The molecule has 2 N–H and O–H groups in total. The predicted octanol–water partition coefficient (Wildman–Crippen LogP) is 3.49. The van der Waals surface area contributed by atoms with Crippen LogP contribution in [-0.4, -0.2) is 11.7 Å². The first-order valence-electron chi connectivity index (χ1n) is 6.58. The first-order chi connectivity index (χ1) is 9.65. The summed E-state index contributed by atoms with van der Waals surface area (Å²) in [6.45, 7) is 2.91. The monoisotopic (exact) mass is 287 g/mol.